The van der Waals surface area contributed by atoms with E-state index >= 15 is 0 Å². The van der Waals surface area contributed by atoms with E-state index in [4.69, 9.17) is 4.74 Å². The summed E-state index contributed by atoms with van der Waals surface area (Å²) in [4.78, 5) is 13.2. The Hall–Kier alpha value is -2.27. The van der Waals surface area contributed by atoms with Crippen LogP contribution in [0.5, 0.6) is 0 Å². The van der Waals surface area contributed by atoms with Gasteiger partial charge in [0.1, 0.15) is 5.82 Å². The Balaban J connectivity index is 1.66. The van der Waals surface area contributed by atoms with Gasteiger partial charge in [0.05, 0.1) is 13.2 Å². The summed E-state index contributed by atoms with van der Waals surface area (Å²) >= 11 is 0. The molecule has 1 aliphatic rings. The van der Waals surface area contributed by atoms with Gasteiger partial charge >= 0.3 is 0 Å². The van der Waals surface area contributed by atoms with Crippen molar-refractivity contribution < 1.29 is 4.74 Å². The number of aryl methyl sites for hydroxylation is 1. The Labute approximate surface area is 130 Å². The van der Waals surface area contributed by atoms with Gasteiger partial charge in [-0.15, -0.1) is 0 Å². The van der Waals surface area contributed by atoms with Gasteiger partial charge in [-0.05, 0) is 31.9 Å². The van der Waals surface area contributed by atoms with Crippen LogP contribution in [0.1, 0.15) is 18.5 Å². The predicted octanol–water partition coefficient (Wildman–Crippen LogP) is 3.00. The van der Waals surface area contributed by atoms with Gasteiger partial charge in [0.15, 0.2) is 5.82 Å². The number of hydrogen-bond acceptors (Lipinski definition) is 5. The van der Waals surface area contributed by atoms with Crippen LogP contribution < -0.4 is 5.32 Å². The number of ether oxygens (including phenoxy) is 1. The van der Waals surface area contributed by atoms with E-state index in [9.17, 15) is 0 Å². The molecule has 114 valence electrons. The average Bonchev–Trinajstić information content (AvgIpc) is 2.56. The summed E-state index contributed by atoms with van der Waals surface area (Å²) < 4.78 is 5.32. The van der Waals surface area contributed by atoms with E-state index in [1.807, 2.05) is 25.1 Å². The number of nitrogens with zero attached hydrogens (tertiary/aromatic N) is 3. The van der Waals surface area contributed by atoms with E-state index in [2.05, 4.69) is 26.3 Å². The molecule has 3 rings (SSSR count). The number of rotatable bonds is 5. The molecule has 2 aromatic rings. The van der Waals surface area contributed by atoms with Gasteiger partial charge in [0.2, 0.25) is 0 Å². The maximum atomic E-state index is 5.32. The first-order valence-corrected chi connectivity index (χ1v) is 7.57. The minimum atomic E-state index is 0.709. The van der Waals surface area contributed by atoms with Crippen molar-refractivity contribution in [3.05, 3.63) is 47.9 Å². The smallest absolute Gasteiger partial charge is 0.163 e. The third-order valence-electron chi connectivity index (χ3n) is 3.58. The fraction of sp³-hybridized carbons (Fsp3) is 0.353. The molecule has 0 unspecified atom stereocenters. The lowest BCUT2D eigenvalue weighted by Gasteiger charge is -2.14. The Morgan fingerprint density at radius 3 is 3.05 bits per heavy atom. The van der Waals surface area contributed by atoms with E-state index < -0.39 is 0 Å². The number of nitrogens with one attached hydrogen (secondary N) is 1. The van der Waals surface area contributed by atoms with Crippen LogP contribution in [0.15, 0.2) is 42.2 Å². The molecular formula is C17H20N4O. The lowest BCUT2D eigenvalue weighted by atomic mass is 10.1. The average molecular weight is 296 g/mol. The van der Waals surface area contributed by atoms with Gasteiger partial charge in [-0.25, -0.2) is 9.97 Å². The molecule has 0 bridgehead atoms. The molecule has 1 aliphatic heterocycles. The van der Waals surface area contributed by atoms with Crippen molar-refractivity contribution in [1.29, 1.82) is 0 Å². The lowest BCUT2D eigenvalue weighted by molar-refractivity contribution is 0.153. The van der Waals surface area contributed by atoms with Gasteiger partial charge in [-0.1, -0.05) is 11.6 Å². The molecule has 0 saturated carbocycles. The van der Waals surface area contributed by atoms with Crippen LogP contribution in [0.3, 0.4) is 0 Å². The lowest BCUT2D eigenvalue weighted by Crippen LogP contribution is -2.10. The zero-order valence-corrected chi connectivity index (χ0v) is 12.7. The van der Waals surface area contributed by atoms with E-state index in [1.165, 1.54) is 5.57 Å². The summed E-state index contributed by atoms with van der Waals surface area (Å²) in [5.41, 5.74) is 3.33. The molecule has 0 fully saturated rings. The highest BCUT2D eigenvalue weighted by Gasteiger charge is 2.06. The first kappa shape index (κ1) is 14.7. The maximum absolute atomic E-state index is 5.32. The molecule has 3 heterocycles. The Morgan fingerprint density at radius 1 is 1.32 bits per heavy atom. The van der Waals surface area contributed by atoms with Gasteiger partial charge in [-0.3, -0.25) is 4.98 Å². The van der Waals surface area contributed by atoms with Gasteiger partial charge in [0, 0.05) is 36.3 Å². The van der Waals surface area contributed by atoms with E-state index in [1.54, 1.807) is 12.4 Å². The maximum Gasteiger partial charge on any atom is 0.163 e. The fourth-order valence-corrected chi connectivity index (χ4v) is 2.43. The molecule has 0 saturated heterocycles. The van der Waals surface area contributed by atoms with Crippen LogP contribution in [0.25, 0.3) is 11.4 Å². The quantitative estimate of drug-likeness (QED) is 0.859. The van der Waals surface area contributed by atoms with E-state index in [0.29, 0.717) is 5.82 Å². The standard InChI is InChI=1S/C17H20N4O/c1-13-11-16(19-8-4-14-5-9-22-10-6-14)21-17(20-13)15-3-2-7-18-12-15/h2-3,5,7,11-12H,4,6,8-10H2,1H3,(H,19,20,21). The zero-order chi connectivity index (χ0) is 15.2. The molecule has 0 aliphatic carbocycles. The first-order valence-electron chi connectivity index (χ1n) is 7.57. The Morgan fingerprint density at radius 2 is 2.27 bits per heavy atom. The second-order valence-electron chi connectivity index (χ2n) is 5.32. The van der Waals surface area contributed by atoms with Crippen LogP contribution in [0.4, 0.5) is 5.82 Å². The highest BCUT2D eigenvalue weighted by Crippen LogP contribution is 2.17. The van der Waals surface area contributed by atoms with Crippen LogP contribution in [-0.2, 0) is 4.74 Å². The van der Waals surface area contributed by atoms with Crippen molar-refractivity contribution >= 4 is 5.82 Å². The minimum absolute atomic E-state index is 0.709. The summed E-state index contributed by atoms with van der Waals surface area (Å²) in [7, 11) is 0. The minimum Gasteiger partial charge on any atom is -0.377 e. The highest BCUT2D eigenvalue weighted by molar-refractivity contribution is 5.56. The Bertz CT molecular complexity index is 655. The van der Waals surface area contributed by atoms with Crippen molar-refractivity contribution in [3.8, 4) is 11.4 Å². The SMILES string of the molecule is Cc1cc(NCCC2=CCOCC2)nc(-c2cccnc2)n1. The van der Waals surface area contributed by atoms with Crippen molar-refractivity contribution in [2.45, 2.75) is 19.8 Å². The largest absolute Gasteiger partial charge is 0.377 e. The summed E-state index contributed by atoms with van der Waals surface area (Å²) in [5.74, 6) is 1.57. The molecule has 5 heteroatoms. The first-order chi connectivity index (χ1) is 10.8. The normalized spacial score (nSPS) is 14.5. The summed E-state index contributed by atoms with van der Waals surface area (Å²) in [6.45, 7) is 4.43. The molecule has 22 heavy (non-hydrogen) atoms. The monoisotopic (exact) mass is 296 g/mol. The molecule has 5 nitrogen and oxygen atoms in total. The third kappa shape index (κ3) is 3.89. The number of hydrogen-bond donors (Lipinski definition) is 1. The van der Waals surface area contributed by atoms with Gasteiger partial charge in [0.25, 0.3) is 0 Å². The van der Waals surface area contributed by atoms with E-state index in [-0.39, 0.29) is 0 Å². The fourth-order valence-electron chi connectivity index (χ4n) is 2.43. The topological polar surface area (TPSA) is 59.9 Å². The van der Waals surface area contributed by atoms with Gasteiger partial charge in [-0.2, -0.15) is 0 Å². The molecule has 0 radical (unpaired) electrons. The summed E-state index contributed by atoms with van der Waals surface area (Å²) in [5, 5.41) is 3.39. The summed E-state index contributed by atoms with van der Waals surface area (Å²) in [6.07, 6.45) is 7.77. The van der Waals surface area contributed by atoms with Crippen LogP contribution in [-0.4, -0.2) is 34.7 Å². The summed E-state index contributed by atoms with van der Waals surface area (Å²) in [6, 6.07) is 5.84. The van der Waals surface area contributed by atoms with Crippen LogP contribution in [0, 0.1) is 6.92 Å². The van der Waals surface area contributed by atoms with Crippen molar-refractivity contribution in [2.75, 3.05) is 25.1 Å². The number of anilines is 1. The van der Waals surface area contributed by atoms with Crippen LogP contribution >= 0.6 is 0 Å². The van der Waals surface area contributed by atoms with Crippen molar-refractivity contribution in [3.63, 3.8) is 0 Å². The predicted molar refractivity (Wildman–Crippen MR) is 86.6 cm³/mol. The second-order valence-corrected chi connectivity index (χ2v) is 5.32. The highest BCUT2D eigenvalue weighted by atomic mass is 16.5. The molecule has 2 aromatic heterocycles. The van der Waals surface area contributed by atoms with E-state index in [0.717, 1.165) is 49.7 Å². The van der Waals surface area contributed by atoms with Gasteiger partial charge < -0.3 is 10.1 Å². The molecular weight excluding hydrogens is 276 g/mol. The molecule has 0 amide bonds. The van der Waals surface area contributed by atoms with Crippen molar-refractivity contribution in [1.82, 2.24) is 15.0 Å². The zero-order valence-electron chi connectivity index (χ0n) is 12.7. The third-order valence-corrected chi connectivity index (χ3v) is 3.58. The molecule has 0 aromatic carbocycles. The number of aromatic nitrogens is 3. The number of pyridine rings is 1. The molecule has 0 spiro atoms. The van der Waals surface area contributed by atoms with Crippen LogP contribution in [0.2, 0.25) is 0 Å². The van der Waals surface area contributed by atoms with Crippen molar-refractivity contribution in [2.24, 2.45) is 0 Å². The second kappa shape index (κ2) is 7.13. The molecule has 0 atom stereocenters. The molecule has 1 N–H and O–H groups in total. The Kier molecular flexibility index (Phi) is 4.75.